The molecule has 3 aliphatic rings. The Morgan fingerprint density at radius 2 is 1.97 bits per heavy atom. The molecule has 0 aliphatic heterocycles. The number of nitrogens with zero attached hydrogens (tertiary/aromatic N) is 2. The number of rotatable bonds is 6. The smallest absolute Gasteiger partial charge is 0.306 e. The molecule has 0 saturated heterocycles. The average molecular weight is 522 g/mol. The first-order valence-electron chi connectivity index (χ1n) is 13.0. The standard InChI is InChI=1S/C29H29ClFN3O3/c30-24-9-8-22(27(35)33-20-13-29(14-20)11-19(12-29)28(36)37)26-23(24)15-32-34(26)16-17-6-7-21(25(31)10-17)18-4-2-1-3-5-18/h4,6-10,15,19-20H,1-3,5,11-14,16H2,(H,33,35)(H,36,37). The van der Waals surface area contributed by atoms with Gasteiger partial charge >= 0.3 is 5.97 Å². The predicted octanol–water partition coefficient (Wildman–Crippen LogP) is 6.21. The summed E-state index contributed by atoms with van der Waals surface area (Å²) in [5.41, 5.74) is 3.66. The van der Waals surface area contributed by atoms with Gasteiger partial charge in [-0.3, -0.25) is 14.3 Å². The highest BCUT2D eigenvalue weighted by molar-refractivity contribution is 6.36. The van der Waals surface area contributed by atoms with Crippen molar-refractivity contribution in [2.24, 2.45) is 11.3 Å². The normalized spacial score (nSPS) is 24.9. The highest BCUT2D eigenvalue weighted by atomic mass is 35.5. The van der Waals surface area contributed by atoms with Gasteiger partial charge in [0.15, 0.2) is 0 Å². The minimum atomic E-state index is -0.726. The number of hydrogen-bond acceptors (Lipinski definition) is 3. The van der Waals surface area contributed by atoms with Gasteiger partial charge in [0, 0.05) is 17.0 Å². The van der Waals surface area contributed by atoms with E-state index in [0.29, 0.717) is 46.4 Å². The Balaban J connectivity index is 1.20. The van der Waals surface area contributed by atoms with E-state index in [2.05, 4.69) is 16.5 Å². The number of fused-ring (bicyclic) bond motifs is 1. The third-order valence-electron chi connectivity index (χ3n) is 8.40. The van der Waals surface area contributed by atoms with Crippen LogP contribution >= 0.6 is 11.6 Å². The van der Waals surface area contributed by atoms with E-state index in [0.717, 1.165) is 49.7 Å². The van der Waals surface area contributed by atoms with E-state index >= 15 is 4.39 Å². The van der Waals surface area contributed by atoms with Crippen molar-refractivity contribution >= 4 is 40.0 Å². The van der Waals surface area contributed by atoms with Crippen molar-refractivity contribution in [3.63, 3.8) is 0 Å². The Bertz CT molecular complexity index is 1430. The van der Waals surface area contributed by atoms with Gasteiger partial charge in [-0.05, 0) is 86.1 Å². The Kier molecular flexibility index (Phi) is 6.06. The molecule has 2 fully saturated rings. The number of benzene rings is 2. The quantitative estimate of drug-likeness (QED) is 0.404. The third-order valence-corrected chi connectivity index (χ3v) is 8.73. The van der Waals surface area contributed by atoms with Crippen molar-refractivity contribution in [2.45, 2.75) is 64.0 Å². The zero-order valence-electron chi connectivity index (χ0n) is 20.5. The number of carboxylic acid groups (broad SMARTS) is 1. The minimum Gasteiger partial charge on any atom is -0.481 e. The number of carbonyl (C=O) groups excluding carboxylic acids is 1. The van der Waals surface area contributed by atoms with E-state index in [9.17, 15) is 9.59 Å². The number of carbonyl (C=O) groups is 2. The van der Waals surface area contributed by atoms with E-state index in [-0.39, 0.29) is 29.1 Å². The molecule has 1 amide bonds. The predicted molar refractivity (Wildman–Crippen MR) is 140 cm³/mol. The fraction of sp³-hybridized carbons (Fsp3) is 0.414. The first-order chi connectivity index (χ1) is 17.8. The zero-order chi connectivity index (χ0) is 25.7. The van der Waals surface area contributed by atoms with Crippen molar-refractivity contribution in [1.29, 1.82) is 0 Å². The van der Waals surface area contributed by atoms with Gasteiger partial charge in [-0.15, -0.1) is 0 Å². The van der Waals surface area contributed by atoms with E-state index < -0.39 is 5.97 Å². The second-order valence-electron chi connectivity index (χ2n) is 11.0. The lowest BCUT2D eigenvalue weighted by atomic mass is 9.50. The van der Waals surface area contributed by atoms with Crippen LogP contribution in [0.1, 0.15) is 72.9 Å². The first-order valence-corrected chi connectivity index (χ1v) is 13.4. The lowest BCUT2D eigenvalue weighted by Gasteiger charge is -2.56. The molecular formula is C29H29ClFN3O3. The average Bonchev–Trinajstić information content (AvgIpc) is 3.24. The van der Waals surface area contributed by atoms with Gasteiger partial charge in [-0.1, -0.05) is 29.8 Å². The van der Waals surface area contributed by atoms with Gasteiger partial charge < -0.3 is 10.4 Å². The number of aliphatic carboxylic acids is 1. The number of aromatic nitrogens is 2. The molecule has 1 aromatic heterocycles. The second-order valence-corrected chi connectivity index (χ2v) is 11.4. The highest BCUT2D eigenvalue weighted by Crippen LogP contribution is 2.58. The summed E-state index contributed by atoms with van der Waals surface area (Å²) in [6.45, 7) is 0.309. The summed E-state index contributed by atoms with van der Waals surface area (Å²) < 4.78 is 16.7. The molecule has 0 atom stereocenters. The Labute approximate surface area is 219 Å². The molecular weight excluding hydrogens is 493 g/mol. The molecule has 2 saturated carbocycles. The second kappa shape index (κ2) is 9.28. The molecule has 3 aliphatic carbocycles. The first kappa shape index (κ1) is 24.2. The summed E-state index contributed by atoms with van der Waals surface area (Å²) in [7, 11) is 0. The summed E-state index contributed by atoms with van der Waals surface area (Å²) in [4.78, 5) is 24.4. The molecule has 6 nitrogen and oxygen atoms in total. The Morgan fingerprint density at radius 3 is 2.68 bits per heavy atom. The molecule has 0 bridgehead atoms. The molecule has 6 rings (SSSR count). The molecule has 1 spiro atoms. The van der Waals surface area contributed by atoms with Crippen LogP contribution < -0.4 is 5.32 Å². The minimum absolute atomic E-state index is 0.0278. The van der Waals surface area contributed by atoms with Crippen molar-refractivity contribution < 1.29 is 19.1 Å². The summed E-state index contributed by atoms with van der Waals surface area (Å²) in [5.74, 6) is -1.42. The van der Waals surface area contributed by atoms with Crippen LogP contribution in [0.5, 0.6) is 0 Å². The SMILES string of the molecule is O=C(NC1CC2(C1)CC(C(=O)O)C2)c1ccc(Cl)c2cnn(Cc3ccc(C4=CCCCC4)c(F)c3)c12. The highest BCUT2D eigenvalue weighted by Gasteiger charge is 2.55. The molecule has 1 heterocycles. The van der Waals surface area contributed by atoms with Gasteiger partial charge in [-0.2, -0.15) is 5.10 Å². The molecule has 37 heavy (non-hydrogen) atoms. The number of halogens is 2. The maximum atomic E-state index is 15.0. The number of carboxylic acids is 1. The van der Waals surface area contributed by atoms with Crippen LogP contribution in [-0.2, 0) is 11.3 Å². The van der Waals surface area contributed by atoms with Crippen molar-refractivity contribution in [3.05, 3.63) is 70.1 Å². The summed E-state index contributed by atoms with van der Waals surface area (Å²) >= 11 is 6.43. The summed E-state index contributed by atoms with van der Waals surface area (Å²) in [5, 5.41) is 17.9. The van der Waals surface area contributed by atoms with Crippen LogP contribution in [0.15, 0.2) is 42.6 Å². The van der Waals surface area contributed by atoms with Crippen LogP contribution in [0.2, 0.25) is 5.02 Å². The van der Waals surface area contributed by atoms with Gasteiger partial charge in [0.1, 0.15) is 5.82 Å². The van der Waals surface area contributed by atoms with Gasteiger partial charge in [0.05, 0.1) is 34.8 Å². The van der Waals surface area contributed by atoms with Crippen molar-refractivity contribution in [2.75, 3.05) is 0 Å². The summed E-state index contributed by atoms with van der Waals surface area (Å²) in [6.07, 6.45) is 10.9. The molecule has 3 aromatic rings. The molecule has 0 radical (unpaired) electrons. The van der Waals surface area contributed by atoms with Crippen LogP contribution in [0.25, 0.3) is 16.5 Å². The molecule has 2 N–H and O–H groups in total. The Hall–Kier alpha value is -3.19. The fourth-order valence-corrected chi connectivity index (χ4v) is 6.69. The molecule has 8 heteroatoms. The van der Waals surface area contributed by atoms with Crippen LogP contribution in [0.4, 0.5) is 4.39 Å². The summed E-state index contributed by atoms with van der Waals surface area (Å²) in [6, 6.07) is 8.75. The van der Waals surface area contributed by atoms with Gasteiger partial charge in [0.25, 0.3) is 5.91 Å². The van der Waals surface area contributed by atoms with Crippen molar-refractivity contribution in [3.8, 4) is 0 Å². The van der Waals surface area contributed by atoms with Crippen LogP contribution in [-0.4, -0.2) is 32.8 Å². The Morgan fingerprint density at radius 1 is 1.16 bits per heavy atom. The van der Waals surface area contributed by atoms with Crippen molar-refractivity contribution in [1.82, 2.24) is 15.1 Å². The number of amides is 1. The number of allylic oxidation sites excluding steroid dienone is 2. The van der Waals surface area contributed by atoms with E-state index in [4.69, 9.17) is 16.7 Å². The topological polar surface area (TPSA) is 84.2 Å². The number of nitrogens with one attached hydrogen (secondary N) is 1. The number of hydrogen-bond donors (Lipinski definition) is 2. The monoisotopic (exact) mass is 521 g/mol. The molecule has 2 aromatic carbocycles. The lowest BCUT2D eigenvalue weighted by Crippen LogP contribution is -2.57. The molecule has 0 unspecified atom stereocenters. The van der Waals surface area contributed by atoms with E-state index in [1.807, 2.05) is 12.1 Å². The van der Waals surface area contributed by atoms with Crippen LogP contribution in [0.3, 0.4) is 0 Å². The molecule has 192 valence electrons. The van der Waals surface area contributed by atoms with Gasteiger partial charge in [-0.25, -0.2) is 4.39 Å². The maximum absolute atomic E-state index is 15.0. The van der Waals surface area contributed by atoms with E-state index in [1.165, 1.54) is 0 Å². The largest absolute Gasteiger partial charge is 0.481 e. The third kappa shape index (κ3) is 4.43. The maximum Gasteiger partial charge on any atom is 0.306 e. The zero-order valence-corrected chi connectivity index (χ0v) is 21.2. The van der Waals surface area contributed by atoms with E-state index in [1.54, 1.807) is 29.1 Å². The fourth-order valence-electron chi connectivity index (χ4n) is 6.49. The van der Waals surface area contributed by atoms with Crippen LogP contribution in [0, 0.1) is 17.2 Å². The lowest BCUT2D eigenvalue weighted by molar-refractivity contribution is -0.155. The van der Waals surface area contributed by atoms with Gasteiger partial charge in [0.2, 0.25) is 0 Å².